The van der Waals surface area contributed by atoms with Gasteiger partial charge in [-0.15, -0.1) is 0 Å². The fraction of sp³-hybridized carbons (Fsp3) is 0.560. The van der Waals surface area contributed by atoms with E-state index in [0.29, 0.717) is 12.2 Å². The molecule has 3 atom stereocenters. The number of benzene rings is 1. The van der Waals surface area contributed by atoms with Crippen molar-refractivity contribution < 1.29 is 37.4 Å². The summed E-state index contributed by atoms with van der Waals surface area (Å²) in [5.74, 6) is -0.622. The van der Waals surface area contributed by atoms with Crippen molar-refractivity contribution in [2.45, 2.75) is 65.4 Å². The van der Waals surface area contributed by atoms with Crippen LogP contribution in [-0.4, -0.2) is 53.7 Å². The Bertz CT molecular complexity index is 1190. The predicted octanol–water partition coefficient (Wildman–Crippen LogP) is 3.50. The summed E-state index contributed by atoms with van der Waals surface area (Å²) in [6, 6.07) is 9.56. The Labute approximate surface area is 220 Å². The van der Waals surface area contributed by atoms with Gasteiger partial charge in [0.1, 0.15) is 6.73 Å². The van der Waals surface area contributed by atoms with Crippen molar-refractivity contribution in [2.24, 2.45) is 0 Å². The van der Waals surface area contributed by atoms with E-state index in [1.165, 1.54) is 12.3 Å². The van der Waals surface area contributed by atoms with Crippen LogP contribution in [0.4, 0.5) is 0 Å². The molecule has 0 radical (unpaired) electrons. The van der Waals surface area contributed by atoms with E-state index in [1.54, 1.807) is 44.2 Å². The Kier molecular flexibility index (Phi) is 11.4. The summed E-state index contributed by atoms with van der Waals surface area (Å²) in [5.41, 5.74) is -0.926. The molecule has 1 aromatic heterocycles. The first-order valence-electron chi connectivity index (χ1n) is 12.6. The lowest BCUT2D eigenvalue weighted by Gasteiger charge is -2.22. The number of esters is 1. The van der Waals surface area contributed by atoms with E-state index >= 15 is 0 Å². The summed E-state index contributed by atoms with van der Waals surface area (Å²) >= 11 is 0. The van der Waals surface area contributed by atoms with Crippen molar-refractivity contribution in [1.29, 1.82) is 0 Å². The minimum absolute atomic E-state index is 0.0278. The van der Waals surface area contributed by atoms with Gasteiger partial charge >= 0.3 is 19.3 Å². The lowest BCUT2D eigenvalue weighted by molar-refractivity contribution is -0.149. The topological polar surface area (TPSA) is 134 Å². The quantitative estimate of drug-likeness (QED) is 0.183. The SMILES string of the molecule is CCCCOCn1c(=O)ccn([C@@H]2O[C@@H](OCP(=O)(OCC)OCC)C[C@@H]2OC(=O)c2ccccc2)c1=O. The largest absolute Gasteiger partial charge is 0.454 e. The number of hydrogen-bond donors (Lipinski definition) is 0. The monoisotopic (exact) mass is 554 g/mol. The zero-order valence-corrected chi connectivity index (χ0v) is 22.7. The third-order valence-electron chi connectivity index (χ3n) is 5.60. The van der Waals surface area contributed by atoms with Crippen LogP contribution in [0.25, 0.3) is 0 Å². The van der Waals surface area contributed by atoms with Crippen molar-refractivity contribution in [3.63, 3.8) is 0 Å². The standard InChI is InChI=1S/C25H35N2O10P/c1-4-7-15-32-17-27-21(28)13-14-26(25(27)30)23-20(36-24(29)19-11-9-8-10-12-19)16-22(37-23)33-18-38(31,34-5-2)35-6-3/h8-14,20,22-23H,4-7,15-18H2,1-3H3/t20-,22+,23+/m0/s1. The number of hydrogen-bond acceptors (Lipinski definition) is 10. The van der Waals surface area contributed by atoms with Crippen LogP contribution in [0, 0.1) is 0 Å². The average Bonchev–Trinajstić information content (AvgIpc) is 3.30. The second-order valence-corrected chi connectivity index (χ2v) is 10.4. The highest BCUT2D eigenvalue weighted by Gasteiger charge is 2.42. The number of rotatable bonds is 15. The fourth-order valence-corrected chi connectivity index (χ4v) is 5.13. The highest BCUT2D eigenvalue weighted by atomic mass is 31.2. The molecule has 3 rings (SSSR count). The molecule has 210 valence electrons. The molecular weight excluding hydrogens is 519 g/mol. The molecule has 13 heteroatoms. The van der Waals surface area contributed by atoms with E-state index in [0.717, 1.165) is 22.0 Å². The molecule has 1 aliphatic heterocycles. The molecule has 12 nitrogen and oxygen atoms in total. The van der Waals surface area contributed by atoms with Crippen LogP contribution >= 0.6 is 7.60 Å². The Balaban J connectivity index is 1.85. The molecule has 1 aliphatic rings. The van der Waals surface area contributed by atoms with Gasteiger partial charge in [0.05, 0.1) is 18.8 Å². The van der Waals surface area contributed by atoms with Gasteiger partial charge in [-0.3, -0.25) is 13.9 Å². The number of carbonyl (C=O) groups is 1. The Morgan fingerprint density at radius 3 is 2.45 bits per heavy atom. The van der Waals surface area contributed by atoms with Gasteiger partial charge in [0, 0.05) is 25.3 Å². The van der Waals surface area contributed by atoms with E-state index in [9.17, 15) is 18.9 Å². The summed E-state index contributed by atoms with van der Waals surface area (Å²) in [5, 5.41) is 0. The van der Waals surface area contributed by atoms with Crippen LogP contribution in [0.15, 0.2) is 52.2 Å². The minimum Gasteiger partial charge on any atom is -0.454 e. The van der Waals surface area contributed by atoms with Crippen LogP contribution in [-0.2, 0) is 39.3 Å². The molecule has 0 aliphatic carbocycles. The average molecular weight is 555 g/mol. The van der Waals surface area contributed by atoms with E-state index in [2.05, 4.69) is 0 Å². The number of carbonyl (C=O) groups excluding carboxylic acids is 1. The maximum atomic E-state index is 13.2. The van der Waals surface area contributed by atoms with Gasteiger partial charge in [-0.1, -0.05) is 31.5 Å². The first-order valence-corrected chi connectivity index (χ1v) is 14.4. The van der Waals surface area contributed by atoms with Gasteiger partial charge in [0.25, 0.3) is 5.56 Å². The highest BCUT2D eigenvalue weighted by Crippen LogP contribution is 2.48. The molecule has 2 aromatic rings. The summed E-state index contributed by atoms with van der Waals surface area (Å²) < 4.78 is 48.2. The van der Waals surface area contributed by atoms with Crippen LogP contribution < -0.4 is 11.2 Å². The first-order chi connectivity index (χ1) is 18.3. The van der Waals surface area contributed by atoms with Gasteiger partial charge in [0.15, 0.2) is 25.0 Å². The van der Waals surface area contributed by atoms with E-state index in [-0.39, 0.29) is 26.4 Å². The molecule has 2 heterocycles. The minimum atomic E-state index is -3.54. The molecule has 0 unspecified atom stereocenters. The zero-order valence-electron chi connectivity index (χ0n) is 21.9. The van der Waals surface area contributed by atoms with Crippen molar-refractivity contribution in [3.8, 4) is 0 Å². The Morgan fingerprint density at radius 1 is 1.08 bits per heavy atom. The van der Waals surface area contributed by atoms with Gasteiger partial charge in [-0.2, -0.15) is 0 Å². The zero-order chi connectivity index (χ0) is 27.5. The summed E-state index contributed by atoms with van der Waals surface area (Å²) in [7, 11) is -3.54. The van der Waals surface area contributed by atoms with Crippen LogP contribution in [0.2, 0.25) is 0 Å². The fourth-order valence-electron chi connectivity index (χ4n) is 3.77. The second-order valence-electron chi connectivity index (χ2n) is 8.41. The lowest BCUT2D eigenvalue weighted by atomic mass is 10.2. The molecule has 0 N–H and O–H groups in total. The van der Waals surface area contributed by atoms with Crippen LogP contribution in [0.5, 0.6) is 0 Å². The molecule has 1 fully saturated rings. The van der Waals surface area contributed by atoms with Crippen molar-refractivity contribution in [3.05, 3.63) is 69.0 Å². The van der Waals surface area contributed by atoms with E-state index in [1.807, 2.05) is 6.92 Å². The normalized spacial score (nSPS) is 19.5. The van der Waals surface area contributed by atoms with Crippen molar-refractivity contribution in [2.75, 3.05) is 26.2 Å². The van der Waals surface area contributed by atoms with Crippen LogP contribution in [0.1, 0.15) is 56.6 Å². The summed E-state index contributed by atoms with van der Waals surface area (Å²) in [6.07, 6.45) is -0.502. The highest BCUT2D eigenvalue weighted by molar-refractivity contribution is 7.53. The van der Waals surface area contributed by atoms with Crippen molar-refractivity contribution in [1.82, 2.24) is 9.13 Å². The Hall–Kier alpha value is -2.60. The molecular formula is C25H35N2O10P. The van der Waals surface area contributed by atoms with E-state index < -0.39 is 49.8 Å². The maximum absolute atomic E-state index is 13.2. The smallest absolute Gasteiger partial charge is 0.356 e. The lowest BCUT2D eigenvalue weighted by Crippen LogP contribution is -2.43. The third kappa shape index (κ3) is 7.95. The molecule has 0 amide bonds. The molecule has 1 aromatic carbocycles. The third-order valence-corrected chi connectivity index (χ3v) is 7.37. The number of nitrogens with zero attached hydrogens (tertiary/aromatic N) is 2. The first kappa shape index (κ1) is 29.9. The summed E-state index contributed by atoms with van der Waals surface area (Å²) in [4.78, 5) is 38.4. The second kappa shape index (κ2) is 14.5. The molecule has 0 bridgehead atoms. The molecule has 38 heavy (non-hydrogen) atoms. The molecule has 0 saturated carbocycles. The van der Waals surface area contributed by atoms with Gasteiger partial charge in [-0.25, -0.2) is 14.2 Å². The number of ether oxygens (including phenoxy) is 4. The molecule has 0 spiro atoms. The van der Waals surface area contributed by atoms with Gasteiger partial charge in [0.2, 0.25) is 0 Å². The van der Waals surface area contributed by atoms with Gasteiger partial charge in [-0.05, 0) is 32.4 Å². The number of aromatic nitrogens is 2. The summed E-state index contributed by atoms with van der Waals surface area (Å²) in [6.45, 7) is 5.84. The van der Waals surface area contributed by atoms with Crippen LogP contribution in [0.3, 0.4) is 0 Å². The molecule has 1 saturated heterocycles. The van der Waals surface area contributed by atoms with E-state index in [4.69, 9.17) is 28.0 Å². The van der Waals surface area contributed by atoms with Crippen molar-refractivity contribution >= 4 is 13.6 Å². The Morgan fingerprint density at radius 2 is 1.79 bits per heavy atom. The predicted molar refractivity (Wildman–Crippen MR) is 137 cm³/mol. The number of unbranched alkanes of at least 4 members (excludes halogenated alkanes) is 1. The maximum Gasteiger partial charge on any atom is 0.356 e. The van der Waals surface area contributed by atoms with Gasteiger partial charge < -0.3 is 28.0 Å².